The third-order valence-corrected chi connectivity index (χ3v) is 8.24. The van der Waals surface area contributed by atoms with Crippen LogP contribution >= 0.6 is 11.3 Å². The normalized spacial score (nSPS) is 15.0. The van der Waals surface area contributed by atoms with Crippen LogP contribution in [0.2, 0.25) is 0 Å². The van der Waals surface area contributed by atoms with Gasteiger partial charge in [0.2, 0.25) is 0 Å². The molecule has 0 bridgehead atoms. The number of allylic oxidation sites excluding steroid dienone is 1. The molecule has 0 aliphatic carbocycles. The Kier molecular flexibility index (Phi) is 7.73. The van der Waals surface area contributed by atoms with E-state index in [9.17, 15) is 9.59 Å². The average molecular weight is 572 g/mol. The number of aryl methyl sites for hydroxylation is 2. The summed E-state index contributed by atoms with van der Waals surface area (Å²) in [5.74, 6) is 0.532. The number of carbonyl (C=O) groups excluding carboxylic acids is 1. The van der Waals surface area contributed by atoms with E-state index in [1.165, 1.54) is 16.9 Å². The number of benzene rings is 2. The van der Waals surface area contributed by atoms with Crippen LogP contribution in [0.4, 0.5) is 0 Å². The van der Waals surface area contributed by atoms with Crippen molar-refractivity contribution in [3.05, 3.63) is 108 Å². The quantitative estimate of drug-likeness (QED) is 0.305. The number of hydrogen-bond donors (Lipinski definition) is 0. The number of carbonyl (C=O) groups is 1. The zero-order valence-electron chi connectivity index (χ0n) is 24.3. The molecule has 0 amide bonds. The molecule has 5 rings (SSSR count). The maximum absolute atomic E-state index is 14.1. The van der Waals surface area contributed by atoms with Crippen molar-refractivity contribution in [3.63, 3.8) is 0 Å². The van der Waals surface area contributed by atoms with E-state index in [1.54, 1.807) is 44.8 Å². The van der Waals surface area contributed by atoms with E-state index < -0.39 is 12.0 Å². The van der Waals surface area contributed by atoms with E-state index in [-0.39, 0.29) is 12.2 Å². The van der Waals surface area contributed by atoms with E-state index in [0.29, 0.717) is 37.7 Å². The van der Waals surface area contributed by atoms with Crippen LogP contribution < -0.4 is 24.4 Å². The second kappa shape index (κ2) is 11.2. The minimum absolute atomic E-state index is 0.204. The van der Waals surface area contributed by atoms with Crippen molar-refractivity contribution in [2.45, 2.75) is 40.7 Å². The topological polar surface area (TPSA) is 84.1 Å². The molecule has 0 saturated carbocycles. The Labute approximate surface area is 242 Å². The second-order valence-corrected chi connectivity index (χ2v) is 10.9. The van der Waals surface area contributed by atoms with Crippen molar-refractivity contribution in [1.29, 1.82) is 0 Å². The smallest absolute Gasteiger partial charge is 0.338 e. The first-order valence-corrected chi connectivity index (χ1v) is 14.2. The van der Waals surface area contributed by atoms with Crippen molar-refractivity contribution in [2.24, 2.45) is 4.99 Å². The largest absolute Gasteiger partial charge is 0.493 e. The molecule has 1 aliphatic rings. The van der Waals surface area contributed by atoms with Crippen LogP contribution in [0.5, 0.6) is 11.5 Å². The Morgan fingerprint density at radius 1 is 1.02 bits per heavy atom. The van der Waals surface area contributed by atoms with Gasteiger partial charge < -0.3 is 18.8 Å². The number of aromatic nitrogens is 2. The molecular weight excluding hydrogens is 538 g/mol. The van der Waals surface area contributed by atoms with Gasteiger partial charge >= 0.3 is 5.97 Å². The number of rotatable bonds is 7. The summed E-state index contributed by atoms with van der Waals surface area (Å²) in [7, 11) is 3.11. The summed E-state index contributed by atoms with van der Waals surface area (Å²) in [5, 5.41) is 0. The van der Waals surface area contributed by atoms with Gasteiger partial charge in [0, 0.05) is 17.1 Å². The SMILES string of the molecule is CCOC(=O)C1=C(C)N=c2s/c(=C/c3cc(C)n(-c4cccc(C)c4)c3C)c(=O)n2[C@H]1c1ccc(OC)c(OC)c1. The first-order valence-electron chi connectivity index (χ1n) is 13.4. The van der Waals surface area contributed by atoms with Gasteiger partial charge in [0.1, 0.15) is 0 Å². The molecule has 4 aromatic rings. The fraction of sp³-hybridized carbons (Fsp3) is 0.281. The van der Waals surface area contributed by atoms with Gasteiger partial charge in [-0.1, -0.05) is 29.5 Å². The van der Waals surface area contributed by atoms with Gasteiger partial charge in [0.05, 0.1) is 42.7 Å². The molecule has 1 atom stereocenters. The summed E-state index contributed by atoms with van der Waals surface area (Å²) < 4.78 is 20.7. The fourth-order valence-corrected chi connectivity index (χ4v) is 6.41. The van der Waals surface area contributed by atoms with Crippen LogP contribution in [0, 0.1) is 20.8 Å². The molecule has 0 radical (unpaired) electrons. The van der Waals surface area contributed by atoms with Gasteiger partial charge in [0.15, 0.2) is 16.3 Å². The fourth-order valence-electron chi connectivity index (χ4n) is 5.37. The zero-order valence-corrected chi connectivity index (χ0v) is 25.1. The van der Waals surface area contributed by atoms with E-state index in [1.807, 2.05) is 25.1 Å². The van der Waals surface area contributed by atoms with Crippen LogP contribution in [-0.4, -0.2) is 35.9 Å². The Morgan fingerprint density at radius 2 is 1.78 bits per heavy atom. The van der Waals surface area contributed by atoms with Gasteiger partial charge in [-0.05, 0) is 87.7 Å². The summed E-state index contributed by atoms with van der Waals surface area (Å²) >= 11 is 1.30. The summed E-state index contributed by atoms with van der Waals surface area (Å²) in [4.78, 5) is 32.5. The van der Waals surface area contributed by atoms with Crippen molar-refractivity contribution >= 4 is 23.4 Å². The summed E-state index contributed by atoms with van der Waals surface area (Å²) in [6, 6.07) is 15.0. The number of hydrogen-bond acceptors (Lipinski definition) is 7. The standard InChI is InChI=1S/C32H33N3O5S/c1-8-40-31(37)28-20(4)33-32-35(29(28)22-12-13-25(38-6)26(16-22)39-7)30(36)27(41-32)17-23-15-19(3)34(21(23)5)24-11-9-10-18(2)14-24/h9-17,29H,8H2,1-7H3/b27-17+/t29-/m0/s1. The minimum Gasteiger partial charge on any atom is -0.493 e. The van der Waals surface area contributed by atoms with E-state index >= 15 is 0 Å². The van der Waals surface area contributed by atoms with E-state index in [4.69, 9.17) is 14.2 Å². The highest BCUT2D eigenvalue weighted by molar-refractivity contribution is 7.07. The van der Waals surface area contributed by atoms with Crippen LogP contribution in [-0.2, 0) is 9.53 Å². The lowest BCUT2D eigenvalue weighted by Crippen LogP contribution is -2.40. The second-order valence-electron chi connectivity index (χ2n) is 9.92. The molecule has 212 valence electrons. The number of fused-ring (bicyclic) bond motifs is 1. The number of methoxy groups -OCH3 is 2. The molecule has 2 aromatic heterocycles. The van der Waals surface area contributed by atoms with Crippen molar-refractivity contribution in [2.75, 3.05) is 20.8 Å². The third kappa shape index (κ3) is 5.02. The molecule has 0 spiro atoms. The number of esters is 1. The molecule has 9 heteroatoms. The molecule has 0 fully saturated rings. The van der Waals surface area contributed by atoms with Crippen LogP contribution in [0.1, 0.15) is 48.0 Å². The average Bonchev–Trinajstić information content (AvgIpc) is 3.41. The van der Waals surface area contributed by atoms with Crippen LogP contribution in [0.3, 0.4) is 0 Å². The van der Waals surface area contributed by atoms with Crippen LogP contribution in [0.25, 0.3) is 11.8 Å². The van der Waals surface area contributed by atoms with Crippen molar-refractivity contribution in [1.82, 2.24) is 9.13 Å². The van der Waals surface area contributed by atoms with E-state index in [2.05, 4.69) is 47.7 Å². The van der Waals surface area contributed by atoms with Gasteiger partial charge in [-0.15, -0.1) is 0 Å². The molecule has 0 unspecified atom stereocenters. The summed E-state index contributed by atoms with van der Waals surface area (Å²) in [6.45, 7) is 9.90. The predicted molar refractivity (Wildman–Crippen MR) is 160 cm³/mol. The van der Waals surface area contributed by atoms with Gasteiger partial charge in [0.25, 0.3) is 5.56 Å². The highest BCUT2D eigenvalue weighted by Gasteiger charge is 2.34. The lowest BCUT2D eigenvalue weighted by molar-refractivity contribution is -0.139. The maximum Gasteiger partial charge on any atom is 0.338 e. The van der Waals surface area contributed by atoms with E-state index in [0.717, 1.165) is 22.6 Å². The van der Waals surface area contributed by atoms with Gasteiger partial charge in [-0.3, -0.25) is 9.36 Å². The molecule has 1 aliphatic heterocycles. The minimum atomic E-state index is -0.744. The Bertz CT molecular complexity index is 1880. The highest BCUT2D eigenvalue weighted by atomic mass is 32.1. The van der Waals surface area contributed by atoms with Gasteiger partial charge in [-0.2, -0.15) is 0 Å². The number of nitrogens with zero attached hydrogens (tertiary/aromatic N) is 3. The number of thiazole rings is 1. The summed E-state index contributed by atoms with van der Waals surface area (Å²) in [6.07, 6.45) is 1.91. The summed E-state index contributed by atoms with van der Waals surface area (Å²) in [5.41, 5.74) is 6.56. The molecule has 0 N–H and O–H groups in total. The maximum atomic E-state index is 14.1. The Balaban J connectivity index is 1.71. The van der Waals surface area contributed by atoms with Crippen molar-refractivity contribution in [3.8, 4) is 17.2 Å². The first-order chi connectivity index (χ1) is 19.7. The predicted octanol–water partition coefficient (Wildman–Crippen LogP) is 4.53. The molecule has 3 heterocycles. The first kappa shape index (κ1) is 28.2. The van der Waals surface area contributed by atoms with Crippen LogP contribution in [0.15, 0.2) is 69.6 Å². The number of ether oxygens (including phenoxy) is 3. The zero-order chi connectivity index (χ0) is 29.4. The van der Waals surface area contributed by atoms with Gasteiger partial charge in [-0.25, -0.2) is 9.79 Å². The molecule has 41 heavy (non-hydrogen) atoms. The lowest BCUT2D eigenvalue weighted by atomic mass is 9.95. The molecule has 0 saturated heterocycles. The van der Waals surface area contributed by atoms with Crippen molar-refractivity contribution < 1.29 is 19.0 Å². The lowest BCUT2D eigenvalue weighted by Gasteiger charge is -2.25. The Morgan fingerprint density at radius 3 is 2.46 bits per heavy atom. The molecule has 2 aromatic carbocycles. The Hall–Kier alpha value is -4.37. The molecule has 8 nitrogen and oxygen atoms in total. The highest BCUT2D eigenvalue weighted by Crippen LogP contribution is 2.36. The third-order valence-electron chi connectivity index (χ3n) is 7.26. The molecular formula is C32H33N3O5S. The monoisotopic (exact) mass is 571 g/mol.